The number of carbonyl (C=O) groups is 1. The lowest BCUT2D eigenvalue weighted by Gasteiger charge is -2.09. The third-order valence-electron chi connectivity index (χ3n) is 3.03. The van der Waals surface area contributed by atoms with E-state index < -0.39 is 11.6 Å². The molecule has 0 saturated heterocycles. The number of fused-ring (bicyclic) bond motifs is 1. The number of carbonyl (C=O) groups excluding carboxylic acids is 1. The number of ether oxygens (including phenoxy) is 2. The number of methoxy groups -OCH3 is 1. The molecule has 1 heterocycles. The van der Waals surface area contributed by atoms with Gasteiger partial charge in [-0.1, -0.05) is 6.92 Å². The van der Waals surface area contributed by atoms with E-state index in [-0.39, 0.29) is 12.2 Å². The molecule has 20 heavy (non-hydrogen) atoms. The van der Waals surface area contributed by atoms with E-state index >= 15 is 0 Å². The number of aryl methyl sites for hydroxylation is 1. The number of benzene rings is 1. The van der Waals surface area contributed by atoms with E-state index in [9.17, 15) is 9.59 Å². The highest BCUT2D eigenvalue weighted by Crippen LogP contribution is 2.28. The zero-order valence-corrected chi connectivity index (χ0v) is 11.7. The van der Waals surface area contributed by atoms with Gasteiger partial charge in [0.1, 0.15) is 16.9 Å². The van der Waals surface area contributed by atoms with Crippen LogP contribution in [0.15, 0.2) is 27.4 Å². The molecule has 0 aliphatic carbocycles. The third kappa shape index (κ3) is 2.39. The van der Waals surface area contributed by atoms with Crippen LogP contribution in [0.3, 0.4) is 0 Å². The summed E-state index contributed by atoms with van der Waals surface area (Å²) in [7, 11) is 1.56. The lowest BCUT2D eigenvalue weighted by Crippen LogP contribution is -2.16. The van der Waals surface area contributed by atoms with Gasteiger partial charge in [0, 0.05) is 10.9 Å². The molecule has 0 unspecified atom stereocenters. The van der Waals surface area contributed by atoms with Gasteiger partial charge >= 0.3 is 11.6 Å². The average Bonchev–Trinajstić information content (AvgIpc) is 2.45. The smallest absolute Gasteiger partial charge is 0.351 e. The standard InChI is InChI=1S/C15H16O5/c1-4-10-12(18-3)7-6-9-8-11(14(16)19-5-2)15(17)20-13(9)10/h6-8H,4-5H2,1-3H3. The van der Waals surface area contributed by atoms with Gasteiger partial charge in [-0.3, -0.25) is 0 Å². The van der Waals surface area contributed by atoms with Crippen LogP contribution in [0, 0.1) is 0 Å². The quantitative estimate of drug-likeness (QED) is 0.634. The molecule has 0 bridgehead atoms. The number of hydrogen-bond donors (Lipinski definition) is 0. The van der Waals surface area contributed by atoms with Crippen molar-refractivity contribution < 1.29 is 18.7 Å². The fourth-order valence-corrected chi connectivity index (χ4v) is 2.10. The molecule has 0 aliphatic rings. The minimum Gasteiger partial charge on any atom is -0.496 e. The fourth-order valence-electron chi connectivity index (χ4n) is 2.10. The van der Waals surface area contributed by atoms with Crippen molar-refractivity contribution in [1.29, 1.82) is 0 Å². The third-order valence-corrected chi connectivity index (χ3v) is 3.03. The molecular weight excluding hydrogens is 260 g/mol. The van der Waals surface area contributed by atoms with Crippen LogP contribution in [0.1, 0.15) is 29.8 Å². The summed E-state index contributed by atoms with van der Waals surface area (Å²) in [6, 6.07) is 5.03. The maximum Gasteiger partial charge on any atom is 0.351 e. The van der Waals surface area contributed by atoms with Gasteiger partial charge in [-0.2, -0.15) is 0 Å². The lowest BCUT2D eigenvalue weighted by atomic mass is 10.1. The monoisotopic (exact) mass is 276 g/mol. The van der Waals surface area contributed by atoms with E-state index in [0.717, 1.165) is 5.56 Å². The first kappa shape index (κ1) is 14.1. The summed E-state index contributed by atoms with van der Waals surface area (Å²) in [4.78, 5) is 23.6. The maximum atomic E-state index is 11.9. The Morgan fingerprint density at radius 1 is 1.30 bits per heavy atom. The van der Waals surface area contributed by atoms with Crippen LogP contribution in [0.2, 0.25) is 0 Å². The normalized spacial score (nSPS) is 10.6. The zero-order valence-electron chi connectivity index (χ0n) is 11.7. The molecular formula is C15H16O5. The predicted molar refractivity (Wildman–Crippen MR) is 74.4 cm³/mol. The summed E-state index contributed by atoms with van der Waals surface area (Å²) in [6.07, 6.45) is 0.655. The van der Waals surface area contributed by atoms with Gasteiger partial charge in [0.05, 0.1) is 13.7 Å². The van der Waals surface area contributed by atoms with Gasteiger partial charge in [0.15, 0.2) is 0 Å². The molecule has 5 nitrogen and oxygen atoms in total. The second-order valence-corrected chi connectivity index (χ2v) is 4.19. The number of esters is 1. The Balaban J connectivity index is 2.68. The highest BCUT2D eigenvalue weighted by Gasteiger charge is 2.17. The van der Waals surface area contributed by atoms with Crippen LogP contribution in [0.5, 0.6) is 5.75 Å². The van der Waals surface area contributed by atoms with E-state index in [1.165, 1.54) is 6.07 Å². The van der Waals surface area contributed by atoms with Crippen molar-refractivity contribution in [3.05, 3.63) is 39.7 Å². The van der Waals surface area contributed by atoms with Crippen LogP contribution < -0.4 is 10.4 Å². The van der Waals surface area contributed by atoms with Crippen LogP contribution in [0.25, 0.3) is 11.0 Å². The first-order valence-corrected chi connectivity index (χ1v) is 6.43. The second-order valence-electron chi connectivity index (χ2n) is 4.19. The largest absolute Gasteiger partial charge is 0.496 e. The van der Waals surface area contributed by atoms with Crippen molar-refractivity contribution in [3.63, 3.8) is 0 Å². The van der Waals surface area contributed by atoms with Crippen molar-refractivity contribution in [3.8, 4) is 5.75 Å². The van der Waals surface area contributed by atoms with Gasteiger partial charge in [0.2, 0.25) is 0 Å². The topological polar surface area (TPSA) is 65.7 Å². The zero-order chi connectivity index (χ0) is 14.7. The molecule has 1 aromatic heterocycles. The second kappa shape index (κ2) is 5.77. The van der Waals surface area contributed by atoms with Crippen molar-refractivity contribution in [2.24, 2.45) is 0 Å². The van der Waals surface area contributed by atoms with E-state index in [2.05, 4.69) is 0 Å². The summed E-state index contributed by atoms with van der Waals surface area (Å²) in [5, 5.41) is 0.672. The highest BCUT2D eigenvalue weighted by molar-refractivity contribution is 5.93. The van der Waals surface area contributed by atoms with Crippen LogP contribution in [0.4, 0.5) is 0 Å². The van der Waals surface area contributed by atoms with Gasteiger partial charge < -0.3 is 13.9 Å². The molecule has 0 atom stereocenters. The predicted octanol–water partition coefficient (Wildman–Crippen LogP) is 2.54. The fraction of sp³-hybridized carbons (Fsp3) is 0.333. The Labute approximate surface area is 116 Å². The van der Waals surface area contributed by atoms with Crippen LogP contribution in [-0.2, 0) is 11.2 Å². The van der Waals surface area contributed by atoms with Crippen molar-refractivity contribution in [1.82, 2.24) is 0 Å². The van der Waals surface area contributed by atoms with Crippen LogP contribution >= 0.6 is 0 Å². The maximum absolute atomic E-state index is 11.9. The first-order valence-electron chi connectivity index (χ1n) is 6.43. The highest BCUT2D eigenvalue weighted by atomic mass is 16.5. The van der Waals surface area contributed by atoms with Gasteiger partial charge in [-0.25, -0.2) is 9.59 Å². The van der Waals surface area contributed by atoms with Gasteiger partial charge in [0.25, 0.3) is 0 Å². The molecule has 2 rings (SSSR count). The minimum absolute atomic E-state index is 0.0911. The van der Waals surface area contributed by atoms with Gasteiger partial charge in [-0.05, 0) is 31.5 Å². The Kier molecular flexibility index (Phi) is 4.08. The minimum atomic E-state index is -0.695. The molecule has 0 saturated carbocycles. The summed E-state index contributed by atoms with van der Waals surface area (Å²) in [6.45, 7) is 3.83. The van der Waals surface area contributed by atoms with E-state index in [4.69, 9.17) is 13.9 Å². The van der Waals surface area contributed by atoms with Crippen molar-refractivity contribution in [2.45, 2.75) is 20.3 Å². The Bertz CT molecular complexity index is 699. The van der Waals surface area contributed by atoms with E-state index in [1.54, 1.807) is 26.2 Å². The Hall–Kier alpha value is -2.30. The number of hydrogen-bond acceptors (Lipinski definition) is 5. The van der Waals surface area contributed by atoms with Crippen molar-refractivity contribution in [2.75, 3.05) is 13.7 Å². The van der Waals surface area contributed by atoms with E-state index in [0.29, 0.717) is 23.1 Å². The molecule has 5 heteroatoms. The number of rotatable bonds is 4. The van der Waals surface area contributed by atoms with Crippen molar-refractivity contribution >= 4 is 16.9 Å². The lowest BCUT2D eigenvalue weighted by molar-refractivity contribution is 0.0522. The van der Waals surface area contributed by atoms with Gasteiger partial charge in [-0.15, -0.1) is 0 Å². The summed E-state index contributed by atoms with van der Waals surface area (Å²) < 4.78 is 15.4. The molecule has 106 valence electrons. The Morgan fingerprint density at radius 3 is 2.65 bits per heavy atom. The summed E-state index contributed by atoms with van der Waals surface area (Å²) in [5.41, 5.74) is 0.466. The SMILES string of the molecule is CCOC(=O)c1cc2ccc(OC)c(CC)c2oc1=O. The van der Waals surface area contributed by atoms with Crippen LogP contribution in [-0.4, -0.2) is 19.7 Å². The molecule has 0 fully saturated rings. The molecule has 1 aromatic carbocycles. The summed E-state index contributed by atoms with van der Waals surface area (Å²) >= 11 is 0. The molecule has 0 N–H and O–H groups in total. The van der Waals surface area contributed by atoms with E-state index in [1.807, 2.05) is 6.92 Å². The molecule has 0 radical (unpaired) electrons. The molecule has 0 spiro atoms. The average molecular weight is 276 g/mol. The Morgan fingerprint density at radius 2 is 2.05 bits per heavy atom. The molecule has 0 aliphatic heterocycles. The first-order chi connectivity index (χ1) is 9.62. The molecule has 2 aromatic rings. The summed E-state index contributed by atoms with van der Waals surface area (Å²) in [5.74, 6) is -0.0101. The molecule has 0 amide bonds.